The van der Waals surface area contributed by atoms with Crippen molar-refractivity contribution in [3.8, 4) is 5.75 Å². The lowest BCUT2D eigenvalue weighted by molar-refractivity contribution is -0.153. The van der Waals surface area contributed by atoms with Crippen LogP contribution in [0.1, 0.15) is 40.5 Å². The largest absolute Gasteiger partial charge is 0.492 e. The van der Waals surface area contributed by atoms with Gasteiger partial charge in [0.1, 0.15) is 11.4 Å². The number of esters is 1. The summed E-state index contributed by atoms with van der Waals surface area (Å²) in [6.45, 7) is 8.24. The maximum Gasteiger partial charge on any atom is 0.410 e. The molecule has 0 unspecified atom stereocenters. The van der Waals surface area contributed by atoms with Gasteiger partial charge in [-0.1, -0.05) is 12.1 Å². The quantitative estimate of drug-likeness (QED) is 0.729. The molecule has 8 heteroatoms. The summed E-state index contributed by atoms with van der Waals surface area (Å²) >= 11 is 0. The first-order chi connectivity index (χ1) is 13.7. The molecule has 0 atom stereocenters. The van der Waals surface area contributed by atoms with Crippen LogP contribution in [-0.4, -0.2) is 54.8 Å². The van der Waals surface area contributed by atoms with Crippen LogP contribution in [0.5, 0.6) is 5.75 Å². The molecular formula is C21H30N2O6. The van der Waals surface area contributed by atoms with Gasteiger partial charge in [-0.2, -0.15) is 0 Å². The molecule has 1 aromatic rings. The second kappa shape index (κ2) is 10.1. The topological polar surface area (TPSA) is 94.2 Å². The lowest BCUT2D eigenvalue weighted by Crippen LogP contribution is -2.43. The molecule has 2 amide bonds. The molecular weight excluding hydrogens is 376 g/mol. The molecule has 0 aliphatic carbocycles. The number of benzene rings is 1. The maximum atomic E-state index is 12.3. The Morgan fingerprint density at radius 3 is 2.41 bits per heavy atom. The molecule has 1 fully saturated rings. The number of rotatable bonds is 6. The minimum atomic E-state index is -0.555. The van der Waals surface area contributed by atoms with Gasteiger partial charge in [-0.3, -0.25) is 9.59 Å². The van der Waals surface area contributed by atoms with Crippen LogP contribution in [0.4, 0.5) is 10.5 Å². The summed E-state index contributed by atoms with van der Waals surface area (Å²) < 4.78 is 16.0. The highest BCUT2D eigenvalue weighted by molar-refractivity contribution is 5.94. The fourth-order valence-corrected chi connectivity index (χ4v) is 2.92. The molecule has 0 spiro atoms. The fourth-order valence-electron chi connectivity index (χ4n) is 2.92. The Morgan fingerprint density at radius 1 is 1.14 bits per heavy atom. The average Bonchev–Trinajstić information content (AvgIpc) is 2.66. The van der Waals surface area contributed by atoms with E-state index in [4.69, 9.17) is 14.2 Å². The number of nitrogens with zero attached hydrogens (tertiary/aromatic N) is 1. The van der Waals surface area contributed by atoms with Crippen molar-refractivity contribution in [2.75, 3.05) is 31.6 Å². The van der Waals surface area contributed by atoms with E-state index in [2.05, 4.69) is 5.32 Å². The minimum absolute atomic E-state index is 0.336. The van der Waals surface area contributed by atoms with E-state index in [-0.39, 0.29) is 18.6 Å². The van der Waals surface area contributed by atoms with Crippen LogP contribution in [0, 0.1) is 5.92 Å². The predicted octanol–water partition coefficient (Wildman–Crippen LogP) is 3.21. The average molecular weight is 406 g/mol. The zero-order valence-electron chi connectivity index (χ0n) is 17.5. The molecule has 2 rings (SSSR count). The van der Waals surface area contributed by atoms with Crippen LogP contribution in [-0.2, 0) is 19.1 Å². The summed E-state index contributed by atoms with van der Waals surface area (Å²) in [6.07, 6.45) is 0.580. The van der Waals surface area contributed by atoms with Crippen LogP contribution in [0.3, 0.4) is 0 Å². The lowest BCUT2D eigenvalue weighted by atomic mass is 9.97. The lowest BCUT2D eigenvalue weighted by Gasteiger charge is -2.32. The number of likely N-dealkylation sites (tertiary alicyclic amines) is 1. The number of piperidine rings is 1. The van der Waals surface area contributed by atoms with E-state index in [1.807, 2.05) is 33.8 Å². The summed E-state index contributed by atoms with van der Waals surface area (Å²) in [6, 6.07) is 7.06. The number of para-hydroxylation sites is 2. The monoisotopic (exact) mass is 406 g/mol. The number of carbonyl (C=O) groups is 3. The van der Waals surface area contributed by atoms with Gasteiger partial charge in [-0.15, -0.1) is 0 Å². The Kier molecular flexibility index (Phi) is 7.87. The van der Waals surface area contributed by atoms with E-state index in [0.29, 0.717) is 44.0 Å². The maximum absolute atomic E-state index is 12.3. The van der Waals surface area contributed by atoms with Gasteiger partial charge in [-0.25, -0.2) is 4.79 Å². The molecule has 1 aliphatic heterocycles. The second-order valence-electron chi connectivity index (χ2n) is 7.83. The smallest absolute Gasteiger partial charge is 0.410 e. The van der Waals surface area contributed by atoms with Crippen molar-refractivity contribution in [2.45, 2.75) is 46.1 Å². The molecule has 1 saturated heterocycles. The normalized spacial score (nSPS) is 14.8. The number of nitrogens with one attached hydrogen (secondary N) is 1. The molecule has 0 aromatic heterocycles. The van der Waals surface area contributed by atoms with Crippen molar-refractivity contribution in [2.24, 2.45) is 5.92 Å². The predicted molar refractivity (Wildman–Crippen MR) is 108 cm³/mol. The molecule has 1 heterocycles. The van der Waals surface area contributed by atoms with Gasteiger partial charge in [0, 0.05) is 13.1 Å². The summed E-state index contributed by atoms with van der Waals surface area (Å²) in [4.78, 5) is 38.1. The molecule has 1 aliphatic rings. The third kappa shape index (κ3) is 7.29. The molecule has 0 saturated carbocycles. The van der Waals surface area contributed by atoms with Crippen molar-refractivity contribution in [3.63, 3.8) is 0 Å². The van der Waals surface area contributed by atoms with Crippen LogP contribution >= 0.6 is 0 Å². The third-order valence-electron chi connectivity index (χ3n) is 4.29. The van der Waals surface area contributed by atoms with E-state index >= 15 is 0 Å². The Labute approximate surface area is 171 Å². The Bertz CT molecular complexity index is 720. The first kappa shape index (κ1) is 22.5. The number of ether oxygens (including phenoxy) is 3. The molecule has 160 valence electrons. The van der Waals surface area contributed by atoms with Crippen molar-refractivity contribution in [1.82, 2.24) is 4.90 Å². The molecule has 29 heavy (non-hydrogen) atoms. The highest BCUT2D eigenvalue weighted by atomic mass is 16.6. The number of hydrogen-bond donors (Lipinski definition) is 1. The Balaban J connectivity index is 1.76. The second-order valence-corrected chi connectivity index (χ2v) is 7.83. The molecule has 1 N–H and O–H groups in total. The zero-order chi connectivity index (χ0) is 21.4. The van der Waals surface area contributed by atoms with Crippen LogP contribution < -0.4 is 10.1 Å². The van der Waals surface area contributed by atoms with Gasteiger partial charge in [-0.05, 0) is 52.7 Å². The summed E-state index contributed by atoms with van der Waals surface area (Å²) in [7, 11) is 0. The highest BCUT2D eigenvalue weighted by Gasteiger charge is 2.31. The number of hydrogen-bond acceptors (Lipinski definition) is 6. The van der Waals surface area contributed by atoms with E-state index in [0.717, 1.165) is 0 Å². The van der Waals surface area contributed by atoms with E-state index in [1.165, 1.54) is 0 Å². The fraction of sp³-hybridized carbons (Fsp3) is 0.571. The van der Waals surface area contributed by atoms with Crippen LogP contribution in [0.2, 0.25) is 0 Å². The number of amides is 2. The molecule has 1 aromatic carbocycles. The van der Waals surface area contributed by atoms with E-state index in [9.17, 15) is 14.4 Å². The number of anilines is 1. The van der Waals surface area contributed by atoms with Crippen molar-refractivity contribution < 1.29 is 28.6 Å². The van der Waals surface area contributed by atoms with Gasteiger partial charge < -0.3 is 24.4 Å². The van der Waals surface area contributed by atoms with Crippen molar-refractivity contribution >= 4 is 23.7 Å². The van der Waals surface area contributed by atoms with E-state index in [1.54, 1.807) is 23.1 Å². The number of carbonyl (C=O) groups excluding carboxylic acids is 3. The van der Waals surface area contributed by atoms with Crippen LogP contribution in [0.25, 0.3) is 0 Å². The third-order valence-corrected chi connectivity index (χ3v) is 4.29. The highest BCUT2D eigenvalue weighted by Crippen LogP contribution is 2.24. The van der Waals surface area contributed by atoms with Crippen molar-refractivity contribution in [1.29, 1.82) is 0 Å². The molecule has 0 radical (unpaired) electrons. The summed E-state index contributed by atoms with van der Waals surface area (Å²) in [5.41, 5.74) is -0.0258. The van der Waals surface area contributed by atoms with E-state index < -0.39 is 17.5 Å². The zero-order valence-corrected chi connectivity index (χ0v) is 17.5. The first-order valence-corrected chi connectivity index (χ1v) is 9.86. The van der Waals surface area contributed by atoms with Gasteiger partial charge in [0.15, 0.2) is 6.61 Å². The standard InChI is InChI=1S/C21H30N2O6/c1-5-27-17-9-7-6-8-16(17)22-18(24)14-28-19(25)15-10-12-23(13-11-15)20(26)29-21(2,3)4/h6-9,15H,5,10-14H2,1-4H3,(H,22,24). The first-order valence-electron chi connectivity index (χ1n) is 9.86. The SMILES string of the molecule is CCOc1ccccc1NC(=O)COC(=O)C1CCN(C(=O)OC(C)(C)C)CC1. The van der Waals surface area contributed by atoms with Gasteiger partial charge in [0.2, 0.25) is 0 Å². The Hall–Kier alpha value is -2.77. The van der Waals surface area contributed by atoms with Crippen molar-refractivity contribution in [3.05, 3.63) is 24.3 Å². The van der Waals surface area contributed by atoms with Gasteiger partial charge >= 0.3 is 12.1 Å². The van der Waals surface area contributed by atoms with Gasteiger partial charge in [0.05, 0.1) is 18.2 Å². The van der Waals surface area contributed by atoms with Crippen LogP contribution in [0.15, 0.2) is 24.3 Å². The summed E-state index contributed by atoms with van der Waals surface area (Å²) in [5, 5.41) is 2.69. The minimum Gasteiger partial charge on any atom is -0.492 e. The van der Waals surface area contributed by atoms with Gasteiger partial charge in [0.25, 0.3) is 5.91 Å². The molecule has 0 bridgehead atoms. The summed E-state index contributed by atoms with van der Waals surface area (Å²) in [5.74, 6) is -0.639. The Morgan fingerprint density at radius 2 is 1.79 bits per heavy atom. The molecule has 8 nitrogen and oxygen atoms in total.